The molecule has 0 aliphatic carbocycles. The van der Waals surface area contributed by atoms with Crippen LogP contribution in [0.15, 0.2) is 0 Å². The molecular weight excluding hydrogens is 192 g/mol. The van der Waals surface area contributed by atoms with Gasteiger partial charge in [-0.05, 0) is 11.8 Å². The second-order valence-corrected chi connectivity index (χ2v) is 1.87. The molecule has 74 valence electrons. The molecule has 0 saturated carbocycles. The summed E-state index contributed by atoms with van der Waals surface area (Å²) < 4.78 is 0. The lowest BCUT2D eigenvalue weighted by Gasteiger charge is -1.84. The molecule has 0 atom stereocenters. The van der Waals surface area contributed by atoms with Crippen LogP contribution >= 0.6 is 0 Å². The molecular formula is C8H6O6. The van der Waals surface area contributed by atoms with E-state index in [2.05, 4.69) is 21.6 Å². The molecule has 0 aromatic carbocycles. The fraction of sp³-hybridized carbons (Fsp3) is 0.250. The van der Waals surface area contributed by atoms with E-state index in [-0.39, 0.29) is 12.8 Å². The summed E-state index contributed by atoms with van der Waals surface area (Å²) in [6.07, 6.45) is 3.07. The number of rotatable bonds is 3. The molecule has 6 heteroatoms. The summed E-state index contributed by atoms with van der Waals surface area (Å²) in [5, 5.41) is 16.2. The van der Waals surface area contributed by atoms with Crippen molar-refractivity contribution in [2.45, 2.75) is 12.8 Å². The maximum atomic E-state index is 9.92. The number of carbonyl (C=O) groups is 2. The molecule has 0 unspecified atom stereocenters. The third-order valence-corrected chi connectivity index (χ3v) is 0.749. The predicted octanol–water partition coefficient (Wildman–Crippen LogP) is -0.194. The van der Waals surface area contributed by atoms with Gasteiger partial charge < -0.3 is 10.2 Å². The third-order valence-electron chi connectivity index (χ3n) is 0.749. The standard InChI is InChI=1S/C8H6O6/c9-7(10)3-1-5-13-14-6-2-4-8(11)12/h3-4H2,(H,9,10)(H,11,12). The van der Waals surface area contributed by atoms with Crippen molar-refractivity contribution in [3.63, 3.8) is 0 Å². The predicted molar refractivity (Wildman–Crippen MR) is 42.2 cm³/mol. The van der Waals surface area contributed by atoms with Crippen molar-refractivity contribution in [2.24, 2.45) is 0 Å². The summed E-state index contributed by atoms with van der Waals surface area (Å²) in [6.45, 7) is 0. The van der Waals surface area contributed by atoms with Crippen LogP contribution in [-0.4, -0.2) is 22.2 Å². The van der Waals surface area contributed by atoms with Gasteiger partial charge in [0.1, 0.15) is 12.8 Å². The zero-order valence-corrected chi connectivity index (χ0v) is 6.94. The van der Waals surface area contributed by atoms with Gasteiger partial charge in [0.15, 0.2) is 12.2 Å². The van der Waals surface area contributed by atoms with Crippen molar-refractivity contribution < 1.29 is 29.6 Å². The first kappa shape index (κ1) is 11.7. The van der Waals surface area contributed by atoms with Crippen LogP contribution < -0.4 is 0 Å². The van der Waals surface area contributed by atoms with Gasteiger partial charge in [0.2, 0.25) is 0 Å². The second-order valence-electron chi connectivity index (χ2n) is 1.87. The Morgan fingerprint density at radius 3 is 1.57 bits per heavy atom. The Balaban J connectivity index is 3.51. The molecule has 0 aromatic heterocycles. The molecule has 0 saturated heterocycles. The van der Waals surface area contributed by atoms with E-state index in [1.165, 1.54) is 0 Å². The van der Waals surface area contributed by atoms with Crippen LogP contribution in [0.5, 0.6) is 0 Å². The van der Waals surface area contributed by atoms with Gasteiger partial charge in [-0.25, -0.2) is 9.78 Å². The van der Waals surface area contributed by atoms with E-state index < -0.39 is 11.9 Å². The van der Waals surface area contributed by atoms with Crippen molar-refractivity contribution in [3.8, 4) is 24.1 Å². The smallest absolute Gasteiger partial charge is 0.315 e. The highest BCUT2D eigenvalue weighted by molar-refractivity contribution is 5.70. The number of aliphatic carboxylic acids is 2. The molecule has 0 rings (SSSR count). The summed E-state index contributed by atoms with van der Waals surface area (Å²) in [4.78, 5) is 28.0. The Kier molecular flexibility index (Phi) is 6.09. The number of hydrogen-bond donors (Lipinski definition) is 2. The number of carboxylic acids is 2. The fourth-order valence-corrected chi connectivity index (χ4v) is 0.324. The number of carboxylic acid groups (broad SMARTS) is 2. The molecule has 14 heavy (non-hydrogen) atoms. The van der Waals surface area contributed by atoms with Crippen molar-refractivity contribution in [3.05, 3.63) is 0 Å². The van der Waals surface area contributed by atoms with Gasteiger partial charge >= 0.3 is 11.9 Å². The summed E-state index contributed by atoms with van der Waals surface area (Å²) in [7, 11) is 0. The van der Waals surface area contributed by atoms with Gasteiger partial charge in [-0.1, -0.05) is 0 Å². The largest absolute Gasteiger partial charge is 0.481 e. The molecule has 0 heterocycles. The van der Waals surface area contributed by atoms with E-state index in [1.54, 1.807) is 0 Å². The Morgan fingerprint density at radius 2 is 1.29 bits per heavy atom. The van der Waals surface area contributed by atoms with E-state index in [1.807, 2.05) is 12.2 Å². The molecule has 0 amide bonds. The molecule has 0 spiro atoms. The van der Waals surface area contributed by atoms with Gasteiger partial charge in [0, 0.05) is 0 Å². The first-order valence-electron chi connectivity index (χ1n) is 3.34. The van der Waals surface area contributed by atoms with E-state index in [0.29, 0.717) is 0 Å². The van der Waals surface area contributed by atoms with Gasteiger partial charge in [-0.15, -0.1) is 0 Å². The van der Waals surface area contributed by atoms with Crippen LogP contribution in [0.25, 0.3) is 0 Å². The van der Waals surface area contributed by atoms with E-state index in [9.17, 15) is 9.59 Å². The van der Waals surface area contributed by atoms with Crippen LogP contribution in [0.3, 0.4) is 0 Å². The summed E-state index contributed by atoms with van der Waals surface area (Å²) >= 11 is 0. The summed E-state index contributed by atoms with van der Waals surface area (Å²) in [6, 6.07) is 0. The van der Waals surface area contributed by atoms with Crippen LogP contribution in [0.4, 0.5) is 0 Å². The Labute approximate surface area is 79.4 Å². The molecule has 0 aliphatic heterocycles. The maximum absolute atomic E-state index is 9.92. The van der Waals surface area contributed by atoms with Gasteiger partial charge in [-0.3, -0.25) is 9.59 Å². The highest BCUT2D eigenvalue weighted by atomic mass is 17.2. The van der Waals surface area contributed by atoms with Crippen LogP contribution in [0.1, 0.15) is 12.8 Å². The van der Waals surface area contributed by atoms with E-state index in [4.69, 9.17) is 10.2 Å². The van der Waals surface area contributed by atoms with Gasteiger partial charge in [0.25, 0.3) is 0 Å². The molecule has 0 bridgehead atoms. The average Bonchev–Trinajstić information content (AvgIpc) is 2.08. The third kappa shape index (κ3) is 9.66. The first-order valence-corrected chi connectivity index (χ1v) is 3.34. The first-order chi connectivity index (χ1) is 6.63. The van der Waals surface area contributed by atoms with Crippen molar-refractivity contribution >= 4 is 11.9 Å². The zero-order chi connectivity index (χ0) is 10.8. The van der Waals surface area contributed by atoms with Crippen LogP contribution in [-0.2, 0) is 19.4 Å². The summed E-state index contributed by atoms with van der Waals surface area (Å²) in [5.41, 5.74) is 0. The SMILES string of the molecule is O=C(O)CC#COOC#CCC(=O)O. The minimum atomic E-state index is -1.09. The zero-order valence-electron chi connectivity index (χ0n) is 6.94. The monoisotopic (exact) mass is 198 g/mol. The lowest BCUT2D eigenvalue weighted by atomic mass is 10.5. The topological polar surface area (TPSA) is 93.1 Å². The van der Waals surface area contributed by atoms with Crippen molar-refractivity contribution in [1.29, 1.82) is 0 Å². The summed E-state index contributed by atoms with van der Waals surface area (Å²) in [5.74, 6) is 2.04. The van der Waals surface area contributed by atoms with Crippen molar-refractivity contribution in [2.75, 3.05) is 0 Å². The number of hydrogen-bond acceptors (Lipinski definition) is 4. The molecule has 2 N–H and O–H groups in total. The maximum Gasteiger partial charge on any atom is 0.315 e. The molecule has 6 nitrogen and oxygen atoms in total. The van der Waals surface area contributed by atoms with Gasteiger partial charge in [-0.2, -0.15) is 0 Å². The molecule has 0 aliphatic rings. The lowest BCUT2D eigenvalue weighted by molar-refractivity contribution is -0.167. The molecule has 0 fully saturated rings. The Bertz CT molecular complexity index is 289. The van der Waals surface area contributed by atoms with E-state index >= 15 is 0 Å². The van der Waals surface area contributed by atoms with E-state index in [0.717, 1.165) is 0 Å². The molecule has 0 aromatic rings. The highest BCUT2D eigenvalue weighted by Gasteiger charge is 1.89. The van der Waals surface area contributed by atoms with Crippen LogP contribution in [0, 0.1) is 24.1 Å². The fourth-order valence-electron chi connectivity index (χ4n) is 0.324. The minimum Gasteiger partial charge on any atom is -0.481 e. The average molecular weight is 198 g/mol. The quantitative estimate of drug-likeness (QED) is 0.282. The lowest BCUT2D eigenvalue weighted by Crippen LogP contribution is -1.91. The van der Waals surface area contributed by atoms with Crippen molar-refractivity contribution in [1.82, 2.24) is 0 Å². The van der Waals surface area contributed by atoms with Crippen LogP contribution in [0.2, 0.25) is 0 Å². The minimum absolute atomic E-state index is 0.369. The second kappa shape index (κ2) is 7.32. The normalized spacial score (nSPS) is 7.14. The highest BCUT2D eigenvalue weighted by Crippen LogP contribution is 1.78. The Morgan fingerprint density at radius 1 is 0.929 bits per heavy atom. The Hall–Kier alpha value is -2.34. The van der Waals surface area contributed by atoms with Gasteiger partial charge in [0.05, 0.1) is 0 Å². The molecule has 0 radical (unpaired) electrons.